The number of likely N-dealkylation sites (N-methyl/N-ethyl adjacent to an activating group) is 1. The van der Waals surface area contributed by atoms with Crippen LogP contribution in [0.4, 0.5) is 0 Å². The van der Waals surface area contributed by atoms with Crippen LogP contribution in [0.25, 0.3) is 0 Å². The van der Waals surface area contributed by atoms with Gasteiger partial charge in [0.15, 0.2) is 5.78 Å². The summed E-state index contributed by atoms with van der Waals surface area (Å²) in [5.74, 6) is 1.63. The number of quaternary nitrogens is 1. The standard InChI is InChI=1S/C26H40NO5/c1-15(2)12-21(29)31-19-7-6-17-13-20-26(30)9-8-18(28)24-25(26,22(17)23(19)32-24)10-11-27(20,3)14-16-4-5-16/h15-17,19-20,22-24,30H,4-14H2,1-3H3/q+1/t17?,19?,20?,22?,23?,24?,25?,26-,27?/m1/s1. The smallest absolute Gasteiger partial charge is 0.306 e. The van der Waals surface area contributed by atoms with E-state index < -0.39 is 17.1 Å². The minimum absolute atomic E-state index is 0.123. The van der Waals surface area contributed by atoms with Crippen LogP contribution < -0.4 is 0 Å². The fraction of sp³-hybridized carbons (Fsp3) is 0.923. The zero-order valence-corrected chi connectivity index (χ0v) is 19.9. The van der Waals surface area contributed by atoms with Crippen LogP contribution >= 0.6 is 0 Å². The van der Waals surface area contributed by atoms with Crippen molar-refractivity contribution in [2.45, 2.75) is 102 Å². The third kappa shape index (κ3) is 2.81. The van der Waals surface area contributed by atoms with Crippen LogP contribution in [0, 0.1) is 29.1 Å². The van der Waals surface area contributed by atoms with Gasteiger partial charge in [-0.15, -0.1) is 0 Å². The van der Waals surface area contributed by atoms with Gasteiger partial charge in [0.2, 0.25) is 0 Å². The lowest BCUT2D eigenvalue weighted by Crippen LogP contribution is -2.81. The fourth-order valence-electron chi connectivity index (χ4n) is 9.01. The summed E-state index contributed by atoms with van der Waals surface area (Å²) in [7, 11) is 2.37. The number of ketones is 1. The molecule has 0 aromatic heterocycles. The van der Waals surface area contributed by atoms with Crippen molar-refractivity contribution < 1.29 is 28.7 Å². The molecular formula is C26H40NO5+. The average molecular weight is 447 g/mol. The van der Waals surface area contributed by atoms with Crippen molar-refractivity contribution in [3.05, 3.63) is 0 Å². The Kier molecular flexibility index (Phi) is 4.73. The third-order valence-corrected chi connectivity index (χ3v) is 10.4. The summed E-state index contributed by atoms with van der Waals surface area (Å²) in [5.41, 5.74) is -1.35. The highest BCUT2D eigenvalue weighted by Crippen LogP contribution is 2.70. The first kappa shape index (κ1) is 21.5. The third-order valence-electron chi connectivity index (χ3n) is 10.4. The van der Waals surface area contributed by atoms with Gasteiger partial charge in [-0.05, 0) is 43.9 Å². The first-order valence-electron chi connectivity index (χ1n) is 13.1. The number of aliphatic hydroxyl groups is 1. The van der Waals surface area contributed by atoms with E-state index in [0.29, 0.717) is 25.2 Å². The Hall–Kier alpha value is -0.980. The summed E-state index contributed by atoms with van der Waals surface area (Å²) >= 11 is 0. The highest BCUT2D eigenvalue weighted by atomic mass is 16.6. The van der Waals surface area contributed by atoms with Crippen molar-refractivity contribution in [3.8, 4) is 0 Å². The number of rotatable bonds is 5. The lowest BCUT2D eigenvalue weighted by Gasteiger charge is -2.68. The second kappa shape index (κ2) is 7.02. The summed E-state index contributed by atoms with van der Waals surface area (Å²) in [4.78, 5) is 25.7. The van der Waals surface area contributed by atoms with E-state index in [0.717, 1.165) is 42.6 Å². The molecule has 4 aliphatic carbocycles. The molecule has 6 rings (SSSR count). The molecule has 6 fully saturated rings. The quantitative estimate of drug-likeness (QED) is 0.519. The molecule has 2 aliphatic heterocycles. The van der Waals surface area contributed by atoms with Gasteiger partial charge in [0.05, 0.1) is 26.2 Å². The maximum Gasteiger partial charge on any atom is 0.306 e. The van der Waals surface area contributed by atoms with Crippen LogP contribution in [0.3, 0.4) is 0 Å². The largest absolute Gasteiger partial charge is 0.460 e. The Morgan fingerprint density at radius 3 is 2.75 bits per heavy atom. The van der Waals surface area contributed by atoms with E-state index in [4.69, 9.17) is 9.47 Å². The second-order valence-corrected chi connectivity index (χ2v) is 12.7. The molecule has 2 bridgehead atoms. The van der Waals surface area contributed by atoms with Crippen molar-refractivity contribution in [2.24, 2.45) is 29.1 Å². The Morgan fingerprint density at radius 2 is 2.03 bits per heavy atom. The van der Waals surface area contributed by atoms with E-state index in [2.05, 4.69) is 7.05 Å². The van der Waals surface area contributed by atoms with Gasteiger partial charge in [-0.2, -0.15) is 0 Å². The molecule has 9 atom stereocenters. The lowest BCUT2D eigenvalue weighted by molar-refractivity contribution is -0.954. The molecule has 4 saturated carbocycles. The molecule has 8 unspecified atom stereocenters. The second-order valence-electron chi connectivity index (χ2n) is 12.7. The molecule has 6 aliphatic rings. The van der Waals surface area contributed by atoms with Gasteiger partial charge in [-0.25, -0.2) is 0 Å². The molecule has 1 N–H and O–H groups in total. The number of hydrogen-bond donors (Lipinski definition) is 1. The van der Waals surface area contributed by atoms with Gasteiger partial charge >= 0.3 is 5.97 Å². The Bertz CT molecular complexity index is 825. The molecule has 178 valence electrons. The minimum Gasteiger partial charge on any atom is -0.460 e. The molecule has 6 nitrogen and oxygen atoms in total. The van der Waals surface area contributed by atoms with Crippen molar-refractivity contribution in [1.29, 1.82) is 0 Å². The monoisotopic (exact) mass is 446 g/mol. The zero-order chi connectivity index (χ0) is 22.5. The average Bonchev–Trinajstić information content (AvgIpc) is 3.44. The number of ether oxygens (including phenoxy) is 2. The number of carbonyl (C=O) groups excluding carboxylic acids is 2. The SMILES string of the molecule is CC(C)CC(=O)OC1CCC2CC3[C@]4(O)CCC(=O)C5OC1C2C54CC[N+]3(C)CC1CC1. The maximum atomic E-state index is 13.2. The maximum absolute atomic E-state index is 13.2. The van der Waals surface area contributed by atoms with E-state index in [-0.39, 0.29) is 41.8 Å². The summed E-state index contributed by atoms with van der Waals surface area (Å²) in [6, 6.07) is 0.191. The van der Waals surface area contributed by atoms with E-state index in [9.17, 15) is 14.7 Å². The number of Topliss-reactive ketones (excluding diaryl/α,β-unsaturated/α-hetero) is 1. The number of piperidine rings is 1. The topological polar surface area (TPSA) is 72.8 Å². The van der Waals surface area contributed by atoms with Gasteiger partial charge in [-0.1, -0.05) is 13.8 Å². The molecular weight excluding hydrogens is 406 g/mol. The summed E-state index contributed by atoms with van der Waals surface area (Å²) in [6.45, 7) is 6.23. The first-order valence-corrected chi connectivity index (χ1v) is 13.1. The Morgan fingerprint density at radius 1 is 1.25 bits per heavy atom. The van der Waals surface area contributed by atoms with Gasteiger partial charge < -0.3 is 19.1 Å². The molecule has 6 heteroatoms. The van der Waals surface area contributed by atoms with Crippen LogP contribution in [0.1, 0.15) is 71.6 Å². The molecule has 0 radical (unpaired) electrons. The normalized spacial score (nSPS) is 51.5. The summed E-state index contributed by atoms with van der Waals surface area (Å²) in [5, 5.41) is 12.5. The van der Waals surface area contributed by atoms with Crippen molar-refractivity contribution in [3.63, 3.8) is 0 Å². The lowest BCUT2D eigenvalue weighted by atomic mass is 9.42. The predicted octanol–water partition coefficient (Wildman–Crippen LogP) is 2.85. The first-order chi connectivity index (χ1) is 15.2. The van der Waals surface area contributed by atoms with Crippen LogP contribution in [0.5, 0.6) is 0 Å². The molecule has 0 aromatic rings. The number of nitrogens with zero attached hydrogens (tertiary/aromatic N) is 1. The summed E-state index contributed by atoms with van der Waals surface area (Å²) < 4.78 is 13.5. The number of likely N-dealkylation sites (tertiary alicyclic amines) is 1. The van der Waals surface area contributed by atoms with Crippen LogP contribution in [-0.4, -0.2) is 71.4 Å². The Balaban J connectivity index is 1.36. The molecule has 0 amide bonds. The minimum atomic E-state index is -0.854. The van der Waals surface area contributed by atoms with E-state index in [1.807, 2.05) is 13.8 Å². The molecule has 0 aromatic carbocycles. The van der Waals surface area contributed by atoms with Crippen molar-refractivity contribution in [1.82, 2.24) is 0 Å². The van der Waals surface area contributed by atoms with E-state index >= 15 is 0 Å². The van der Waals surface area contributed by atoms with Crippen LogP contribution in [0.2, 0.25) is 0 Å². The van der Waals surface area contributed by atoms with Crippen molar-refractivity contribution >= 4 is 11.8 Å². The number of hydrogen-bond acceptors (Lipinski definition) is 5. The van der Waals surface area contributed by atoms with Crippen molar-refractivity contribution in [2.75, 3.05) is 20.1 Å². The van der Waals surface area contributed by atoms with Crippen LogP contribution in [0.15, 0.2) is 0 Å². The highest BCUT2D eigenvalue weighted by Gasteiger charge is 2.80. The van der Waals surface area contributed by atoms with Gasteiger partial charge in [0.1, 0.15) is 23.9 Å². The molecule has 1 spiro atoms. The molecule has 32 heavy (non-hydrogen) atoms. The zero-order valence-electron chi connectivity index (χ0n) is 19.9. The molecule has 2 heterocycles. The number of esters is 1. The van der Waals surface area contributed by atoms with Crippen LogP contribution in [-0.2, 0) is 19.1 Å². The van der Waals surface area contributed by atoms with Gasteiger partial charge in [0.25, 0.3) is 0 Å². The molecule has 2 saturated heterocycles. The number of carbonyl (C=O) groups is 2. The highest BCUT2D eigenvalue weighted by molar-refractivity contribution is 5.86. The van der Waals surface area contributed by atoms with E-state index in [1.165, 1.54) is 19.4 Å². The summed E-state index contributed by atoms with van der Waals surface area (Å²) in [6.07, 6.45) is 6.66. The fourth-order valence-corrected chi connectivity index (χ4v) is 9.01. The van der Waals surface area contributed by atoms with Gasteiger partial charge in [-0.3, -0.25) is 9.59 Å². The Labute approximate surface area is 191 Å². The van der Waals surface area contributed by atoms with Gasteiger partial charge in [0, 0.05) is 42.9 Å². The predicted molar refractivity (Wildman–Crippen MR) is 117 cm³/mol. The van der Waals surface area contributed by atoms with E-state index in [1.54, 1.807) is 0 Å².